The van der Waals surface area contributed by atoms with Crippen molar-refractivity contribution < 1.29 is 35.7 Å². The molecule has 0 spiro atoms. The molecule has 0 saturated carbocycles. The van der Waals surface area contributed by atoms with Gasteiger partial charge in [0.2, 0.25) is 0 Å². The van der Waals surface area contributed by atoms with Gasteiger partial charge < -0.3 is 9.47 Å². The molecule has 0 amide bonds. The number of ether oxygens (including phenoxy) is 2. The number of unbranched alkanes of at least 4 members (excludes halogenated alkanes) is 6. The van der Waals surface area contributed by atoms with Crippen molar-refractivity contribution in [2.45, 2.75) is 117 Å². The summed E-state index contributed by atoms with van der Waals surface area (Å²) in [6, 6.07) is 12.3. The summed E-state index contributed by atoms with van der Waals surface area (Å²) in [6.45, 7) is 14.4. The second-order valence-electron chi connectivity index (χ2n) is 11.1. The van der Waals surface area contributed by atoms with Gasteiger partial charge in [0.05, 0.1) is 11.2 Å². The molecular weight excluding hydrogens is 554 g/mol. The van der Waals surface area contributed by atoms with Gasteiger partial charge in [0.25, 0.3) is 0 Å². The van der Waals surface area contributed by atoms with Gasteiger partial charge in [-0.1, -0.05) is 61.4 Å². The molecule has 35 heavy (non-hydrogen) atoms. The van der Waals surface area contributed by atoms with E-state index in [1.165, 1.54) is 62.5 Å². The topological polar surface area (TPSA) is 18.5 Å². The van der Waals surface area contributed by atoms with Crippen LogP contribution in [0.3, 0.4) is 0 Å². The summed E-state index contributed by atoms with van der Waals surface area (Å²) in [7, 11) is 0. The van der Waals surface area contributed by atoms with Gasteiger partial charge in [0.1, 0.15) is 0 Å². The van der Waals surface area contributed by atoms with E-state index in [2.05, 4.69) is 65.8 Å². The monoisotopic (exact) mass is 600 g/mol. The number of aryl methyl sites for hydroxylation is 2. The Morgan fingerprint density at radius 3 is 1.23 bits per heavy atom. The maximum atomic E-state index is 5.87. The smallest absolute Gasteiger partial charge is 0.376 e. The molecule has 0 aromatic heterocycles. The Balaban J connectivity index is 0.000000642. The van der Waals surface area contributed by atoms with Gasteiger partial charge in [-0.3, -0.25) is 0 Å². The first-order valence-corrected chi connectivity index (χ1v) is 13.8. The Morgan fingerprint density at radius 2 is 0.943 bits per heavy atom. The minimum atomic E-state index is 0. The minimum Gasteiger partial charge on any atom is -0.376 e. The first kappa shape index (κ1) is 35.1. The van der Waals surface area contributed by atoms with E-state index in [9.17, 15) is 0 Å². The molecule has 0 heterocycles. The van der Waals surface area contributed by atoms with Crippen LogP contribution < -0.4 is 0 Å². The van der Waals surface area contributed by atoms with Crippen LogP contribution in [-0.4, -0.2) is 24.4 Å². The predicted octanol–water partition coefficient (Wildman–Crippen LogP) is 9.95. The van der Waals surface area contributed by atoms with Gasteiger partial charge in [-0.2, -0.15) is 58.6 Å². The molecule has 0 aliphatic carbocycles. The van der Waals surface area contributed by atoms with Gasteiger partial charge in [-0.15, -0.1) is 0 Å². The molecule has 2 aromatic rings. The zero-order chi connectivity index (χ0) is 25.5. The fraction of sp³-hybridized carbons (Fsp3) is 0.667. The number of hydrogen-bond acceptors (Lipinski definition) is 2. The van der Waals surface area contributed by atoms with E-state index >= 15 is 0 Å². The zero-order valence-corrected chi connectivity index (χ0v) is 27.0. The van der Waals surface area contributed by atoms with E-state index in [0.29, 0.717) is 0 Å². The second kappa shape index (κ2) is 19.2. The van der Waals surface area contributed by atoms with Crippen LogP contribution in [-0.2, 0) is 48.5 Å². The second-order valence-corrected chi connectivity index (χ2v) is 12.0. The van der Waals surface area contributed by atoms with Crippen LogP contribution in [0, 0.1) is 0 Å². The van der Waals surface area contributed by atoms with E-state index < -0.39 is 0 Å². The van der Waals surface area contributed by atoms with Gasteiger partial charge in [-0.05, 0) is 54.4 Å². The van der Waals surface area contributed by atoms with Crippen LogP contribution in [0.1, 0.15) is 104 Å². The fourth-order valence-corrected chi connectivity index (χ4v) is 3.96. The summed E-state index contributed by atoms with van der Waals surface area (Å²) in [5.74, 6) is 0. The minimum absolute atomic E-state index is 0. The third-order valence-electron chi connectivity index (χ3n) is 5.35. The summed E-state index contributed by atoms with van der Waals surface area (Å²) in [5.41, 5.74) is 2.74. The largest absolute Gasteiger partial charge is 2.00 e. The van der Waals surface area contributed by atoms with Crippen LogP contribution in [0.5, 0.6) is 0 Å². The van der Waals surface area contributed by atoms with Gasteiger partial charge in [0, 0.05) is 13.2 Å². The first-order valence-electron chi connectivity index (χ1n) is 13.0. The van der Waals surface area contributed by atoms with Gasteiger partial charge in [0.15, 0.2) is 0 Å². The van der Waals surface area contributed by atoms with Crippen molar-refractivity contribution in [3.05, 3.63) is 57.6 Å². The summed E-state index contributed by atoms with van der Waals surface area (Å²) in [6.07, 6.45) is 12.2. The van der Waals surface area contributed by atoms with Crippen LogP contribution in [0.15, 0.2) is 36.4 Å². The van der Waals surface area contributed by atoms with Crippen molar-refractivity contribution in [1.29, 1.82) is 0 Å². The molecule has 2 rings (SSSR count). The molecule has 0 aliphatic rings. The van der Waals surface area contributed by atoms with Gasteiger partial charge >= 0.3 is 26.2 Å². The Hall–Kier alpha value is 0.0831. The normalized spacial score (nSPS) is 11.7. The molecule has 0 fully saturated rings. The molecule has 0 saturated heterocycles. The molecule has 198 valence electrons. The van der Waals surface area contributed by atoms with Crippen molar-refractivity contribution in [3.8, 4) is 0 Å². The summed E-state index contributed by atoms with van der Waals surface area (Å²) < 4.78 is 11.4. The van der Waals surface area contributed by atoms with Crippen molar-refractivity contribution >= 4 is 23.2 Å². The quantitative estimate of drug-likeness (QED) is 0.158. The number of halogens is 2. The number of rotatable bonds is 14. The van der Waals surface area contributed by atoms with Crippen LogP contribution in [0.4, 0.5) is 0 Å². The SMILES string of the molecule is CC(C)(C)OCCCCCCc1cc[c-](Cl)c1.CC(C)(C)OCCCCCCc1cc[c-](Cl)c1.[Zr+2]. The molecule has 0 atom stereocenters. The Morgan fingerprint density at radius 1 is 0.600 bits per heavy atom. The molecule has 5 heteroatoms. The maximum Gasteiger partial charge on any atom is 2.00 e. The average molecular weight is 603 g/mol. The summed E-state index contributed by atoms with van der Waals surface area (Å²) in [5, 5.41) is 1.72. The van der Waals surface area contributed by atoms with E-state index in [1.54, 1.807) is 0 Å². The Kier molecular flexibility index (Phi) is 19.2. The van der Waals surface area contributed by atoms with E-state index in [-0.39, 0.29) is 37.4 Å². The zero-order valence-electron chi connectivity index (χ0n) is 23.0. The molecule has 2 nitrogen and oxygen atoms in total. The average Bonchev–Trinajstić information content (AvgIpc) is 3.33. The Labute approximate surface area is 245 Å². The molecule has 0 radical (unpaired) electrons. The van der Waals surface area contributed by atoms with E-state index in [1.807, 2.05) is 12.1 Å². The summed E-state index contributed by atoms with van der Waals surface area (Å²) >= 11 is 11.7. The molecule has 0 unspecified atom stereocenters. The third-order valence-corrected chi connectivity index (χ3v) is 5.82. The molecule has 0 bridgehead atoms. The van der Waals surface area contributed by atoms with E-state index in [0.717, 1.165) is 36.1 Å². The summed E-state index contributed by atoms with van der Waals surface area (Å²) in [4.78, 5) is 0. The fourth-order valence-electron chi connectivity index (χ4n) is 3.56. The molecule has 0 aliphatic heterocycles. The standard InChI is InChI=1S/2C15H24ClO.Zr/c2*1-15(2,3)17-11-7-5-4-6-8-13-9-10-14(16)12-13;/h2*9-10,12H,4-8,11H2,1-3H3;/q2*-1;+2. The van der Waals surface area contributed by atoms with Crippen molar-refractivity contribution in [2.24, 2.45) is 0 Å². The maximum absolute atomic E-state index is 5.87. The first-order chi connectivity index (χ1) is 15.9. The third kappa shape index (κ3) is 21.8. The van der Waals surface area contributed by atoms with E-state index in [4.69, 9.17) is 32.7 Å². The van der Waals surface area contributed by atoms with Crippen molar-refractivity contribution in [1.82, 2.24) is 0 Å². The number of hydrogen-bond donors (Lipinski definition) is 0. The van der Waals surface area contributed by atoms with Crippen molar-refractivity contribution in [2.75, 3.05) is 13.2 Å². The predicted molar refractivity (Wildman–Crippen MR) is 150 cm³/mol. The molecule has 2 aromatic carbocycles. The van der Waals surface area contributed by atoms with Crippen molar-refractivity contribution in [3.63, 3.8) is 0 Å². The van der Waals surface area contributed by atoms with Gasteiger partial charge in [-0.25, -0.2) is 12.1 Å². The van der Waals surface area contributed by atoms with Crippen LogP contribution in [0.2, 0.25) is 10.0 Å². The van der Waals surface area contributed by atoms with Crippen LogP contribution in [0.25, 0.3) is 0 Å². The molecular formula is C30H48Cl2O2Zr. The van der Waals surface area contributed by atoms with Crippen LogP contribution >= 0.6 is 23.2 Å². The molecule has 0 N–H and O–H groups in total. The Bertz CT molecular complexity index is 689.